The van der Waals surface area contributed by atoms with Crippen LogP contribution in [-0.2, 0) is 33.8 Å². The second kappa shape index (κ2) is 19.0. The lowest BCUT2D eigenvalue weighted by Gasteiger charge is -2.14. The maximum Gasteiger partial charge on any atom is 0.251 e. The van der Waals surface area contributed by atoms with Crippen LogP contribution in [0, 0.1) is 0 Å². The molecule has 206 valence electrons. The summed E-state index contributed by atoms with van der Waals surface area (Å²) < 4.78 is 43.8. The number of hydrogen-bond acceptors (Lipinski definition) is 9. The van der Waals surface area contributed by atoms with Crippen LogP contribution in [0.2, 0.25) is 0 Å². The summed E-state index contributed by atoms with van der Waals surface area (Å²) in [7, 11) is -3.87. The van der Waals surface area contributed by atoms with E-state index < -0.39 is 10.0 Å². The van der Waals surface area contributed by atoms with Gasteiger partial charge in [-0.2, -0.15) is 0 Å². The van der Waals surface area contributed by atoms with Gasteiger partial charge in [0.25, 0.3) is 5.91 Å². The molecule has 0 aliphatic carbocycles. The number of hydrogen-bond donors (Lipinski definition) is 4. The molecule has 0 saturated heterocycles. The number of carbonyl (C=O) groups excluding carboxylic acids is 2. The molecule has 1 atom stereocenters. The summed E-state index contributed by atoms with van der Waals surface area (Å²) in [6.07, 6.45) is 2.22. The van der Waals surface area contributed by atoms with Gasteiger partial charge in [-0.3, -0.25) is 9.59 Å². The molecular weight excluding hydrogens is 494 g/mol. The summed E-state index contributed by atoms with van der Waals surface area (Å²) in [5.74, 6) is -0.587. The predicted octanol–water partition coefficient (Wildman–Crippen LogP) is -0.202. The monoisotopic (exact) mass is 533 g/mol. The van der Waals surface area contributed by atoms with Crippen LogP contribution in [0.1, 0.15) is 36.5 Å². The van der Waals surface area contributed by atoms with Crippen LogP contribution >= 0.6 is 0 Å². The molecule has 0 radical (unpaired) electrons. The predicted molar refractivity (Wildman–Crippen MR) is 132 cm³/mol. The Balaban J connectivity index is 2.01. The Hall–Kier alpha value is -2.13. The van der Waals surface area contributed by atoms with Gasteiger partial charge in [0, 0.05) is 18.2 Å². The molecule has 0 spiro atoms. The maximum atomic E-state index is 12.2. The second-order valence-electron chi connectivity index (χ2n) is 7.91. The SMILES string of the molecule is CC(CCCCNC(=O)c1cccc(S(N)(=O)=O)c1)NC(=O)COCCOCCOCCOCCO. The van der Waals surface area contributed by atoms with Crippen LogP contribution in [-0.4, -0.2) is 97.4 Å². The van der Waals surface area contributed by atoms with Crippen molar-refractivity contribution in [3.8, 4) is 0 Å². The average molecular weight is 534 g/mol. The van der Waals surface area contributed by atoms with Crippen molar-refractivity contribution in [1.82, 2.24) is 10.6 Å². The molecule has 12 nitrogen and oxygen atoms in total. The Labute approximate surface area is 212 Å². The zero-order chi connectivity index (χ0) is 26.7. The third-order valence-electron chi connectivity index (χ3n) is 4.77. The van der Waals surface area contributed by atoms with Crippen molar-refractivity contribution < 1.29 is 42.1 Å². The Morgan fingerprint density at radius 1 is 0.972 bits per heavy atom. The molecule has 2 amide bonds. The quantitative estimate of drug-likeness (QED) is 0.156. The number of ether oxygens (including phenoxy) is 4. The number of rotatable bonds is 21. The minimum atomic E-state index is -3.87. The Kier molecular flexibility index (Phi) is 16.9. The van der Waals surface area contributed by atoms with Gasteiger partial charge in [-0.1, -0.05) is 6.07 Å². The van der Waals surface area contributed by atoms with E-state index in [1.54, 1.807) is 0 Å². The van der Waals surface area contributed by atoms with Crippen molar-refractivity contribution in [3.63, 3.8) is 0 Å². The lowest BCUT2D eigenvalue weighted by Crippen LogP contribution is -2.35. The molecule has 0 saturated carbocycles. The van der Waals surface area contributed by atoms with Crippen LogP contribution < -0.4 is 15.8 Å². The highest BCUT2D eigenvalue weighted by Crippen LogP contribution is 2.10. The minimum Gasteiger partial charge on any atom is -0.394 e. The Morgan fingerprint density at radius 3 is 2.19 bits per heavy atom. The fourth-order valence-electron chi connectivity index (χ4n) is 2.97. The molecule has 1 aromatic rings. The van der Waals surface area contributed by atoms with E-state index in [4.69, 9.17) is 29.2 Å². The number of primary sulfonamides is 1. The molecule has 5 N–H and O–H groups in total. The van der Waals surface area contributed by atoms with E-state index in [1.165, 1.54) is 24.3 Å². The molecule has 0 aliphatic heterocycles. The summed E-state index contributed by atoms with van der Waals surface area (Å²) >= 11 is 0. The molecule has 0 fully saturated rings. The first-order valence-corrected chi connectivity index (χ1v) is 13.4. The highest BCUT2D eigenvalue weighted by atomic mass is 32.2. The topological polar surface area (TPSA) is 176 Å². The van der Waals surface area contributed by atoms with Crippen LogP contribution in [0.15, 0.2) is 29.2 Å². The summed E-state index contributed by atoms with van der Waals surface area (Å²) in [5, 5.41) is 19.2. The molecule has 1 aromatic carbocycles. The lowest BCUT2D eigenvalue weighted by atomic mass is 10.1. The number of unbranched alkanes of at least 4 members (excludes halogenated alkanes) is 1. The van der Waals surface area contributed by atoms with Gasteiger partial charge in [-0.25, -0.2) is 13.6 Å². The van der Waals surface area contributed by atoms with Crippen molar-refractivity contribution in [3.05, 3.63) is 29.8 Å². The molecule has 36 heavy (non-hydrogen) atoms. The fraction of sp³-hybridized carbons (Fsp3) is 0.652. The van der Waals surface area contributed by atoms with Crippen molar-refractivity contribution in [1.29, 1.82) is 0 Å². The summed E-state index contributed by atoms with van der Waals surface area (Å²) in [4.78, 5) is 24.0. The van der Waals surface area contributed by atoms with E-state index in [0.29, 0.717) is 59.2 Å². The zero-order valence-corrected chi connectivity index (χ0v) is 21.6. The zero-order valence-electron chi connectivity index (χ0n) is 20.8. The number of benzene rings is 1. The Bertz CT molecular complexity index is 868. The second-order valence-corrected chi connectivity index (χ2v) is 9.47. The third-order valence-corrected chi connectivity index (χ3v) is 5.68. The molecule has 1 unspecified atom stereocenters. The first-order valence-electron chi connectivity index (χ1n) is 11.9. The number of amides is 2. The fourth-order valence-corrected chi connectivity index (χ4v) is 3.53. The number of sulfonamides is 1. The van der Waals surface area contributed by atoms with E-state index in [9.17, 15) is 18.0 Å². The lowest BCUT2D eigenvalue weighted by molar-refractivity contribution is -0.127. The third kappa shape index (κ3) is 15.8. The van der Waals surface area contributed by atoms with Crippen molar-refractivity contribution in [2.75, 3.05) is 66.0 Å². The molecule has 0 aliphatic rings. The van der Waals surface area contributed by atoms with E-state index >= 15 is 0 Å². The minimum absolute atomic E-state index is 0.00670. The van der Waals surface area contributed by atoms with Gasteiger partial charge in [0.15, 0.2) is 0 Å². The van der Waals surface area contributed by atoms with Gasteiger partial charge in [0.1, 0.15) is 6.61 Å². The number of nitrogens with one attached hydrogen (secondary N) is 2. The smallest absolute Gasteiger partial charge is 0.251 e. The highest BCUT2D eigenvalue weighted by molar-refractivity contribution is 7.89. The number of aliphatic hydroxyl groups excluding tert-OH is 1. The van der Waals surface area contributed by atoms with Crippen LogP contribution in [0.5, 0.6) is 0 Å². The van der Waals surface area contributed by atoms with Gasteiger partial charge in [0.05, 0.1) is 57.8 Å². The van der Waals surface area contributed by atoms with Crippen molar-refractivity contribution in [2.45, 2.75) is 37.1 Å². The Morgan fingerprint density at radius 2 is 1.58 bits per heavy atom. The van der Waals surface area contributed by atoms with E-state index in [1.807, 2.05) is 6.92 Å². The van der Waals surface area contributed by atoms with E-state index in [-0.39, 0.29) is 41.5 Å². The average Bonchev–Trinajstić information content (AvgIpc) is 2.84. The molecular formula is C23H39N3O9S. The van der Waals surface area contributed by atoms with Crippen molar-refractivity contribution >= 4 is 21.8 Å². The van der Waals surface area contributed by atoms with E-state index in [2.05, 4.69) is 10.6 Å². The van der Waals surface area contributed by atoms with Crippen molar-refractivity contribution in [2.24, 2.45) is 5.14 Å². The van der Waals surface area contributed by atoms with E-state index in [0.717, 1.165) is 12.8 Å². The molecule has 0 aromatic heterocycles. The van der Waals surface area contributed by atoms with Gasteiger partial charge in [-0.05, 0) is 44.4 Å². The maximum absolute atomic E-state index is 12.2. The normalized spacial score (nSPS) is 12.3. The molecule has 13 heteroatoms. The molecule has 1 rings (SSSR count). The van der Waals surface area contributed by atoms with Gasteiger partial charge >= 0.3 is 0 Å². The number of nitrogens with two attached hydrogens (primary N) is 1. The summed E-state index contributed by atoms with van der Waals surface area (Å²) in [6, 6.07) is 5.51. The number of aliphatic hydroxyl groups is 1. The molecule has 0 heterocycles. The standard InChI is InChI=1S/C23H39N3O9S/c1-19(26-22(28)18-35-16-15-34-14-13-33-12-11-32-10-9-27)5-2-3-8-25-23(29)20-6-4-7-21(17-20)36(24,30)31/h4,6-7,17,19,27H,2-3,5,8-16,18H2,1H3,(H,25,29)(H,26,28)(H2,24,30,31). The first-order chi connectivity index (χ1) is 17.2. The van der Waals surface area contributed by atoms with Crippen LogP contribution in [0.4, 0.5) is 0 Å². The van der Waals surface area contributed by atoms with Crippen LogP contribution in [0.3, 0.4) is 0 Å². The summed E-state index contributed by atoms with van der Waals surface area (Å²) in [5.41, 5.74) is 0.223. The van der Waals surface area contributed by atoms with Gasteiger partial charge < -0.3 is 34.7 Å². The van der Waals surface area contributed by atoms with Gasteiger partial charge in [-0.15, -0.1) is 0 Å². The molecule has 0 bridgehead atoms. The largest absolute Gasteiger partial charge is 0.394 e. The highest BCUT2D eigenvalue weighted by Gasteiger charge is 2.12. The first kappa shape index (κ1) is 31.9. The summed E-state index contributed by atoms with van der Waals surface area (Å²) in [6.45, 7) is 4.90. The van der Waals surface area contributed by atoms with Gasteiger partial charge in [0.2, 0.25) is 15.9 Å². The number of carbonyl (C=O) groups is 2. The van der Waals surface area contributed by atoms with Crippen LogP contribution in [0.25, 0.3) is 0 Å².